The molecular weight excluding hydrogens is 510 g/mol. The third kappa shape index (κ3) is 4.96. The predicted molar refractivity (Wildman–Crippen MR) is 153 cm³/mol. The number of amides is 2. The molecule has 6 rings (SSSR count). The van der Waals surface area contributed by atoms with Gasteiger partial charge in [0.2, 0.25) is 11.9 Å². The van der Waals surface area contributed by atoms with Crippen LogP contribution in [0.5, 0.6) is 5.75 Å². The molecule has 2 atom stereocenters. The van der Waals surface area contributed by atoms with Crippen LogP contribution in [-0.4, -0.2) is 91.8 Å². The van der Waals surface area contributed by atoms with Crippen molar-refractivity contribution in [2.24, 2.45) is 0 Å². The zero-order valence-electron chi connectivity index (χ0n) is 23.6. The number of carbonyl (C=O) groups is 2. The number of carbonyl (C=O) groups excluding carboxylic acids is 2. The van der Waals surface area contributed by atoms with Crippen LogP contribution in [0.1, 0.15) is 54.9 Å². The molecule has 40 heavy (non-hydrogen) atoms. The summed E-state index contributed by atoms with van der Waals surface area (Å²) in [5, 5.41) is 6.39. The lowest BCUT2D eigenvalue weighted by molar-refractivity contribution is -0.120. The van der Waals surface area contributed by atoms with Crippen LogP contribution in [0.2, 0.25) is 0 Å². The van der Waals surface area contributed by atoms with E-state index in [0.717, 1.165) is 55.1 Å². The fourth-order valence-electron chi connectivity index (χ4n) is 6.46. The second-order valence-electron chi connectivity index (χ2n) is 11.2. The number of nitrogens with one attached hydrogen (secondary N) is 2. The number of nitrogens with zero attached hydrogens (tertiary/aromatic N) is 5. The van der Waals surface area contributed by atoms with Crippen LogP contribution in [0.3, 0.4) is 0 Å². The maximum atomic E-state index is 13.2. The van der Waals surface area contributed by atoms with E-state index >= 15 is 0 Å². The number of benzene rings is 1. The van der Waals surface area contributed by atoms with E-state index in [1.54, 1.807) is 18.1 Å². The van der Waals surface area contributed by atoms with Gasteiger partial charge < -0.3 is 34.8 Å². The lowest BCUT2D eigenvalue weighted by Gasteiger charge is -2.43. The summed E-state index contributed by atoms with van der Waals surface area (Å²) in [5.74, 6) is 1.86. The molecule has 4 aliphatic rings. The number of ether oxygens (including phenoxy) is 2. The average molecular weight is 550 g/mol. The first-order valence-electron chi connectivity index (χ1n) is 14.5. The summed E-state index contributed by atoms with van der Waals surface area (Å²) in [6.45, 7) is 5.42. The third-order valence-corrected chi connectivity index (χ3v) is 8.59. The first-order chi connectivity index (χ1) is 19.4. The number of likely N-dealkylation sites (N-methyl/N-ethyl adjacent to an activating group) is 2. The fraction of sp³-hybridized carbons (Fsp3) is 0.586. The van der Waals surface area contributed by atoms with Gasteiger partial charge in [-0.1, -0.05) is 19.8 Å². The summed E-state index contributed by atoms with van der Waals surface area (Å²) in [6.07, 6.45) is 7.55. The molecule has 2 amide bonds. The maximum Gasteiger partial charge on any atom is 0.251 e. The van der Waals surface area contributed by atoms with E-state index in [-0.39, 0.29) is 24.0 Å². The molecule has 1 saturated carbocycles. The van der Waals surface area contributed by atoms with Gasteiger partial charge in [0.15, 0.2) is 5.82 Å². The smallest absolute Gasteiger partial charge is 0.251 e. The van der Waals surface area contributed by atoms with Crippen LogP contribution in [0.4, 0.5) is 23.1 Å². The third-order valence-electron chi connectivity index (χ3n) is 8.59. The molecule has 0 spiro atoms. The van der Waals surface area contributed by atoms with E-state index < -0.39 is 0 Å². The summed E-state index contributed by atoms with van der Waals surface area (Å²) >= 11 is 0. The highest BCUT2D eigenvalue weighted by Gasteiger charge is 2.41. The Labute approximate surface area is 235 Å². The molecule has 2 fully saturated rings. The first kappa shape index (κ1) is 26.8. The minimum atomic E-state index is -0.229. The zero-order valence-corrected chi connectivity index (χ0v) is 23.6. The lowest BCUT2D eigenvalue weighted by Crippen LogP contribution is -2.55. The van der Waals surface area contributed by atoms with Crippen molar-refractivity contribution in [3.05, 3.63) is 29.5 Å². The molecule has 1 saturated heterocycles. The number of hydrogen-bond donors (Lipinski definition) is 2. The van der Waals surface area contributed by atoms with Crippen molar-refractivity contribution in [2.75, 3.05) is 62.1 Å². The van der Waals surface area contributed by atoms with Crippen molar-refractivity contribution in [3.8, 4) is 5.75 Å². The van der Waals surface area contributed by atoms with E-state index in [4.69, 9.17) is 14.5 Å². The maximum absolute atomic E-state index is 13.2. The Balaban J connectivity index is 1.24. The van der Waals surface area contributed by atoms with Gasteiger partial charge in [-0.05, 0) is 38.4 Å². The normalized spacial score (nSPS) is 23.1. The topological polar surface area (TPSA) is 112 Å². The number of anilines is 4. The van der Waals surface area contributed by atoms with Crippen molar-refractivity contribution in [1.82, 2.24) is 20.2 Å². The number of hydrogen-bond acceptors (Lipinski definition) is 9. The number of morpholine rings is 1. The summed E-state index contributed by atoms with van der Waals surface area (Å²) in [4.78, 5) is 41.9. The van der Waals surface area contributed by atoms with Gasteiger partial charge >= 0.3 is 0 Å². The van der Waals surface area contributed by atoms with Crippen molar-refractivity contribution in [1.29, 1.82) is 0 Å². The van der Waals surface area contributed by atoms with Crippen LogP contribution >= 0.6 is 0 Å². The van der Waals surface area contributed by atoms with Crippen LogP contribution in [-0.2, 0) is 16.0 Å². The number of fused-ring (bicyclic) bond motifs is 2. The molecule has 2 unspecified atom stereocenters. The van der Waals surface area contributed by atoms with Gasteiger partial charge in [0, 0.05) is 50.3 Å². The number of rotatable bonds is 7. The van der Waals surface area contributed by atoms with E-state index in [2.05, 4.69) is 39.4 Å². The van der Waals surface area contributed by atoms with Crippen LogP contribution in [0.15, 0.2) is 18.3 Å². The Kier molecular flexibility index (Phi) is 7.50. The molecular formula is C29H39N7O4. The molecule has 4 heterocycles. The molecule has 1 aromatic carbocycles. The predicted octanol–water partition coefficient (Wildman–Crippen LogP) is 2.72. The molecule has 0 bridgehead atoms. The van der Waals surface area contributed by atoms with Gasteiger partial charge in [-0.15, -0.1) is 0 Å². The van der Waals surface area contributed by atoms with Gasteiger partial charge in [0.05, 0.1) is 31.2 Å². The Morgan fingerprint density at radius 3 is 2.77 bits per heavy atom. The molecule has 2 N–H and O–H groups in total. The van der Waals surface area contributed by atoms with E-state index in [0.29, 0.717) is 49.5 Å². The largest absolute Gasteiger partial charge is 0.491 e. The Hall–Kier alpha value is -3.44. The second kappa shape index (κ2) is 11.2. The molecule has 1 aliphatic carbocycles. The molecule has 214 valence electrons. The van der Waals surface area contributed by atoms with Gasteiger partial charge in [0.25, 0.3) is 5.91 Å². The summed E-state index contributed by atoms with van der Waals surface area (Å²) < 4.78 is 11.8. The molecule has 1 aromatic heterocycles. The fourth-order valence-corrected chi connectivity index (χ4v) is 6.46. The van der Waals surface area contributed by atoms with Gasteiger partial charge in [-0.25, -0.2) is 4.98 Å². The zero-order chi connectivity index (χ0) is 27.8. The first-order valence-corrected chi connectivity index (χ1v) is 14.5. The quantitative estimate of drug-likeness (QED) is 0.538. The highest BCUT2D eigenvalue weighted by atomic mass is 16.5. The molecule has 3 aliphatic heterocycles. The standard InChI is InChI=1S/C29H39N7O4/c1-4-23-28(38)35(3)24-16-31-29(33-26(24)36(23)18-7-5-6-8-18)32-22-10-9-21(20-11-13-40-25(20)22)27(37)30-15-19-17-34(2)12-14-39-19/h9-10,16,18-19,23H,4-8,11-15,17H2,1-3H3,(H,30,37)(H,31,32,33). The van der Waals surface area contributed by atoms with Crippen LogP contribution in [0.25, 0.3) is 0 Å². The highest BCUT2D eigenvalue weighted by molar-refractivity contribution is 6.04. The second-order valence-corrected chi connectivity index (χ2v) is 11.2. The van der Waals surface area contributed by atoms with Crippen LogP contribution in [0, 0.1) is 0 Å². The summed E-state index contributed by atoms with van der Waals surface area (Å²) in [6, 6.07) is 3.76. The van der Waals surface area contributed by atoms with Crippen molar-refractivity contribution >= 4 is 35.0 Å². The Morgan fingerprint density at radius 1 is 1.18 bits per heavy atom. The van der Waals surface area contributed by atoms with E-state index in [9.17, 15) is 9.59 Å². The van der Waals surface area contributed by atoms with E-state index in [1.165, 1.54) is 12.8 Å². The lowest BCUT2D eigenvalue weighted by atomic mass is 10.0. The summed E-state index contributed by atoms with van der Waals surface area (Å²) in [5.41, 5.74) is 2.95. The van der Waals surface area contributed by atoms with Crippen molar-refractivity contribution in [3.63, 3.8) is 0 Å². The SMILES string of the molecule is CCC1C(=O)N(C)c2cnc(Nc3ccc(C(=O)NCC4CN(C)CCO4)c4c3OCC4)nc2N1C1CCCC1. The van der Waals surface area contributed by atoms with E-state index in [1.807, 2.05) is 12.1 Å². The molecule has 0 radical (unpaired) electrons. The number of aromatic nitrogens is 2. The van der Waals surface area contributed by atoms with Gasteiger partial charge in [-0.2, -0.15) is 4.98 Å². The Bertz CT molecular complexity index is 1280. The van der Waals surface area contributed by atoms with Crippen LogP contribution < -0.4 is 25.2 Å². The van der Waals surface area contributed by atoms with Gasteiger partial charge in [-0.3, -0.25) is 9.59 Å². The monoisotopic (exact) mass is 549 g/mol. The minimum Gasteiger partial charge on any atom is -0.491 e. The molecule has 11 heteroatoms. The minimum absolute atomic E-state index is 0.0143. The average Bonchev–Trinajstić information content (AvgIpc) is 3.67. The Morgan fingerprint density at radius 2 is 2.00 bits per heavy atom. The van der Waals surface area contributed by atoms with Gasteiger partial charge in [0.1, 0.15) is 17.5 Å². The highest BCUT2D eigenvalue weighted by Crippen LogP contribution is 2.41. The summed E-state index contributed by atoms with van der Waals surface area (Å²) in [7, 11) is 3.86. The van der Waals surface area contributed by atoms with Crippen molar-refractivity contribution < 1.29 is 19.1 Å². The molecule has 11 nitrogen and oxygen atoms in total. The molecule has 2 aromatic rings. The van der Waals surface area contributed by atoms with Crippen molar-refractivity contribution in [2.45, 2.75) is 63.6 Å².